The molecule has 1 aromatic rings. The Labute approximate surface area is 115 Å². The average Bonchev–Trinajstić information content (AvgIpc) is 2.43. The van der Waals surface area contributed by atoms with Crippen LogP contribution in [0.1, 0.15) is 43.2 Å². The predicted molar refractivity (Wildman–Crippen MR) is 77.6 cm³/mol. The van der Waals surface area contributed by atoms with Crippen molar-refractivity contribution in [3.63, 3.8) is 0 Å². The molecule has 2 bridgehead atoms. The van der Waals surface area contributed by atoms with E-state index in [1.54, 1.807) is 7.11 Å². The molecule has 2 nitrogen and oxygen atoms in total. The number of hydrogen-bond acceptors (Lipinski definition) is 2. The smallest absolute Gasteiger partial charge is 0.145 e. The van der Waals surface area contributed by atoms with E-state index in [4.69, 9.17) is 4.74 Å². The molecule has 0 saturated carbocycles. The van der Waals surface area contributed by atoms with Gasteiger partial charge in [-0.2, -0.15) is 0 Å². The van der Waals surface area contributed by atoms with Crippen molar-refractivity contribution < 1.29 is 9.53 Å². The zero-order chi connectivity index (χ0) is 13.5. The van der Waals surface area contributed by atoms with E-state index in [2.05, 4.69) is 24.3 Å². The van der Waals surface area contributed by atoms with Crippen LogP contribution in [0.15, 0.2) is 29.8 Å². The van der Waals surface area contributed by atoms with Crippen LogP contribution in [0, 0.1) is 0 Å². The molecule has 0 aromatic heterocycles. The van der Waals surface area contributed by atoms with Crippen molar-refractivity contribution >= 4 is 6.29 Å². The number of allylic oxidation sites excluding steroid dienone is 2. The first-order valence-corrected chi connectivity index (χ1v) is 7.13. The van der Waals surface area contributed by atoms with Crippen molar-refractivity contribution in [2.75, 3.05) is 7.11 Å². The first-order chi connectivity index (χ1) is 9.31. The van der Waals surface area contributed by atoms with Gasteiger partial charge in [-0.3, -0.25) is 4.79 Å². The van der Waals surface area contributed by atoms with Crippen LogP contribution in [0.5, 0.6) is 5.75 Å². The predicted octanol–water partition coefficient (Wildman–Crippen LogP) is 3.87. The van der Waals surface area contributed by atoms with E-state index in [0.29, 0.717) is 0 Å². The molecule has 0 spiro atoms. The molecule has 1 aliphatic carbocycles. The number of benzene rings is 1. The largest absolute Gasteiger partial charge is 0.497 e. The quantitative estimate of drug-likeness (QED) is 0.753. The van der Waals surface area contributed by atoms with E-state index >= 15 is 0 Å². The highest BCUT2D eigenvalue weighted by atomic mass is 16.5. The number of carbonyl (C=O) groups is 1. The molecule has 0 unspecified atom stereocenters. The highest BCUT2D eigenvalue weighted by molar-refractivity contribution is 5.72. The first kappa shape index (κ1) is 13.9. The summed E-state index contributed by atoms with van der Waals surface area (Å²) in [5, 5.41) is 0. The molecule has 1 aliphatic rings. The van der Waals surface area contributed by atoms with Gasteiger partial charge in [0.25, 0.3) is 0 Å². The summed E-state index contributed by atoms with van der Waals surface area (Å²) in [5.41, 5.74) is 3.65. The van der Waals surface area contributed by atoms with Crippen molar-refractivity contribution in [2.24, 2.45) is 0 Å². The molecular weight excluding hydrogens is 236 g/mol. The lowest BCUT2D eigenvalue weighted by molar-refractivity contribution is -0.105. The van der Waals surface area contributed by atoms with Crippen LogP contribution < -0.4 is 4.74 Å². The molecule has 102 valence electrons. The fourth-order valence-corrected chi connectivity index (χ4v) is 2.60. The fraction of sp³-hybridized carbons (Fsp3) is 0.471. The van der Waals surface area contributed by atoms with Crippen molar-refractivity contribution in [3.05, 3.63) is 41.0 Å². The zero-order valence-electron chi connectivity index (χ0n) is 11.7. The number of carbonyl (C=O) groups excluding carboxylic acids is 1. The minimum atomic E-state index is 0.885. The Balaban J connectivity index is 2.15. The standard InChI is InChI=1S/C17H22O2/c1-19-17-11-15-7-4-2-3-6-14(13-18)8-5-9-16(10-15)12-17/h6,10-13H,2-5,7-9H2,1H3/b14-6+. The van der Waals surface area contributed by atoms with Crippen LogP contribution in [-0.2, 0) is 17.6 Å². The lowest BCUT2D eigenvalue weighted by Gasteiger charge is -2.10. The maximum Gasteiger partial charge on any atom is 0.145 e. The molecule has 0 heterocycles. The Morgan fingerprint density at radius 1 is 1.00 bits per heavy atom. The van der Waals surface area contributed by atoms with Gasteiger partial charge in [-0.05, 0) is 73.8 Å². The van der Waals surface area contributed by atoms with Crippen LogP contribution in [0.25, 0.3) is 0 Å². The van der Waals surface area contributed by atoms with Gasteiger partial charge in [0.05, 0.1) is 7.11 Å². The average molecular weight is 258 g/mol. The summed E-state index contributed by atoms with van der Waals surface area (Å²) < 4.78 is 5.37. The topological polar surface area (TPSA) is 26.3 Å². The maximum atomic E-state index is 11.0. The SMILES string of the molecule is COc1cc2cc(c1)CCC/C(C=O)=C\CCCC2. The number of ether oxygens (including phenoxy) is 1. The highest BCUT2D eigenvalue weighted by Gasteiger charge is 2.05. The summed E-state index contributed by atoms with van der Waals surface area (Å²) >= 11 is 0. The van der Waals surface area contributed by atoms with Gasteiger partial charge < -0.3 is 4.74 Å². The van der Waals surface area contributed by atoms with Gasteiger partial charge in [0.2, 0.25) is 0 Å². The van der Waals surface area contributed by atoms with Gasteiger partial charge in [-0.1, -0.05) is 12.1 Å². The van der Waals surface area contributed by atoms with Gasteiger partial charge in [0.15, 0.2) is 0 Å². The van der Waals surface area contributed by atoms with E-state index < -0.39 is 0 Å². The number of rotatable bonds is 2. The van der Waals surface area contributed by atoms with Gasteiger partial charge in [-0.25, -0.2) is 0 Å². The van der Waals surface area contributed by atoms with Crippen LogP contribution in [-0.4, -0.2) is 13.4 Å². The molecule has 0 saturated heterocycles. The first-order valence-electron chi connectivity index (χ1n) is 7.13. The summed E-state index contributed by atoms with van der Waals surface area (Å²) in [5.74, 6) is 0.954. The van der Waals surface area contributed by atoms with Crippen molar-refractivity contribution in [2.45, 2.75) is 44.9 Å². The molecular formula is C17H22O2. The van der Waals surface area contributed by atoms with Gasteiger partial charge >= 0.3 is 0 Å². The van der Waals surface area contributed by atoms with E-state index in [0.717, 1.165) is 62.6 Å². The summed E-state index contributed by atoms with van der Waals surface area (Å²) in [7, 11) is 1.72. The second-order valence-corrected chi connectivity index (χ2v) is 5.19. The molecule has 0 fully saturated rings. The molecule has 2 heteroatoms. The van der Waals surface area contributed by atoms with Gasteiger partial charge in [-0.15, -0.1) is 0 Å². The second-order valence-electron chi connectivity index (χ2n) is 5.19. The van der Waals surface area contributed by atoms with Crippen LogP contribution in [0.2, 0.25) is 0 Å². The minimum absolute atomic E-state index is 0.885. The normalized spacial score (nSPS) is 19.5. The third kappa shape index (κ3) is 4.23. The van der Waals surface area contributed by atoms with E-state index in [1.807, 2.05) is 0 Å². The summed E-state index contributed by atoms with van der Waals surface area (Å²) in [6.45, 7) is 0. The number of hydrogen-bond donors (Lipinski definition) is 0. The third-order valence-corrected chi connectivity index (χ3v) is 3.67. The van der Waals surface area contributed by atoms with Crippen LogP contribution in [0.4, 0.5) is 0 Å². The van der Waals surface area contributed by atoms with E-state index in [-0.39, 0.29) is 0 Å². The summed E-state index contributed by atoms with van der Waals surface area (Å²) in [6.07, 6.45) is 10.5. The van der Waals surface area contributed by atoms with Crippen molar-refractivity contribution in [1.29, 1.82) is 0 Å². The van der Waals surface area contributed by atoms with Crippen LogP contribution in [0.3, 0.4) is 0 Å². The number of aldehydes is 1. The van der Waals surface area contributed by atoms with Gasteiger partial charge in [0, 0.05) is 0 Å². The monoisotopic (exact) mass is 258 g/mol. The van der Waals surface area contributed by atoms with E-state index in [1.165, 1.54) is 11.1 Å². The van der Waals surface area contributed by atoms with Crippen LogP contribution >= 0.6 is 0 Å². The lowest BCUT2D eigenvalue weighted by atomic mass is 9.98. The zero-order valence-corrected chi connectivity index (χ0v) is 11.7. The molecule has 0 amide bonds. The fourth-order valence-electron chi connectivity index (χ4n) is 2.60. The summed E-state index contributed by atoms with van der Waals surface area (Å²) in [6, 6.07) is 6.54. The maximum absolute atomic E-state index is 11.0. The van der Waals surface area contributed by atoms with E-state index in [9.17, 15) is 4.79 Å². The molecule has 19 heavy (non-hydrogen) atoms. The van der Waals surface area contributed by atoms with Crippen molar-refractivity contribution in [3.8, 4) is 5.75 Å². The number of fused-ring (bicyclic) bond motifs is 2. The highest BCUT2D eigenvalue weighted by Crippen LogP contribution is 2.22. The van der Waals surface area contributed by atoms with Gasteiger partial charge in [0.1, 0.15) is 12.0 Å². The number of methoxy groups -OCH3 is 1. The Morgan fingerprint density at radius 3 is 2.42 bits per heavy atom. The Hall–Kier alpha value is -1.57. The third-order valence-electron chi connectivity index (χ3n) is 3.67. The molecule has 0 radical (unpaired) electrons. The Bertz CT molecular complexity index is 460. The molecule has 0 aliphatic heterocycles. The number of aryl methyl sites for hydroxylation is 2. The molecule has 0 atom stereocenters. The lowest BCUT2D eigenvalue weighted by Crippen LogP contribution is -1.96. The Morgan fingerprint density at radius 2 is 1.74 bits per heavy atom. The molecule has 1 aromatic carbocycles. The second kappa shape index (κ2) is 7.13. The van der Waals surface area contributed by atoms with Crippen molar-refractivity contribution in [1.82, 2.24) is 0 Å². The molecule has 2 rings (SSSR count). The molecule has 0 N–H and O–H groups in total. The Kier molecular flexibility index (Phi) is 5.20. The minimum Gasteiger partial charge on any atom is -0.497 e. The summed E-state index contributed by atoms with van der Waals surface area (Å²) in [4.78, 5) is 11.0.